The lowest BCUT2D eigenvalue weighted by atomic mass is 10.00. The molecule has 0 aliphatic rings. The number of hydrogen-bond acceptors (Lipinski definition) is 2. The van der Waals surface area contributed by atoms with Crippen molar-refractivity contribution in [2.24, 2.45) is 5.92 Å². The Morgan fingerprint density at radius 2 is 1.35 bits per heavy atom. The molecule has 0 aromatic carbocycles. The van der Waals surface area contributed by atoms with Gasteiger partial charge in [-0.05, 0) is 25.2 Å². The summed E-state index contributed by atoms with van der Waals surface area (Å²) in [5.74, 6) is 0.603. The van der Waals surface area contributed by atoms with Crippen LogP contribution in [0.25, 0.3) is 0 Å². The summed E-state index contributed by atoms with van der Waals surface area (Å²) in [7, 11) is 0. The largest absolute Gasteiger partial charge is 0.393 e. The van der Waals surface area contributed by atoms with E-state index >= 15 is 0 Å². The summed E-state index contributed by atoms with van der Waals surface area (Å²) in [6.07, 6.45) is 13.4. The summed E-state index contributed by atoms with van der Waals surface area (Å²) in [4.78, 5) is 10.1. The summed E-state index contributed by atoms with van der Waals surface area (Å²) in [6, 6.07) is 0. The van der Waals surface area contributed by atoms with E-state index in [9.17, 15) is 9.90 Å². The van der Waals surface area contributed by atoms with E-state index in [4.69, 9.17) is 0 Å². The van der Waals surface area contributed by atoms with Crippen LogP contribution in [0.5, 0.6) is 0 Å². The molecule has 120 valence electrons. The minimum absolute atomic E-state index is 0.0895. The molecule has 0 aromatic rings. The van der Waals surface area contributed by atoms with E-state index in [1.165, 1.54) is 44.9 Å². The van der Waals surface area contributed by atoms with Crippen LogP contribution in [0.1, 0.15) is 84.5 Å². The van der Waals surface area contributed by atoms with Crippen molar-refractivity contribution in [3.63, 3.8) is 0 Å². The third-order valence-electron chi connectivity index (χ3n) is 3.35. The summed E-state index contributed by atoms with van der Waals surface area (Å²) in [5.41, 5.74) is 0. The number of carbonyl (C=O) groups excluding carboxylic acids is 1. The van der Waals surface area contributed by atoms with Crippen LogP contribution in [0, 0.1) is 5.92 Å². The van der Waals surface area contributed by atoms with Gasteiger partial charge in [0.2, 0.25) is 0 Å². The first-order valence-electron chi connectivity index (χ1n) is 8.28. The van der Waals surface area contributed by atoms with Crippen molar-refractivity contribution in [2.75, 3.05) is 0 Å². The van der Waals surface area contributed by atoms with Gasteiger partial charge < -0.3 is 9.90 Å². The molecule has 20 heavy (non-hydrogen) atoms. The maximum Gasteiger partial charge on any atom is 0.119 e. The fourth-order valence-corrected chi connectivity index (χ4v) is 2.33. The SMILES string of the molecule is C=C.CC(C)CC(O)CCCCCCCCCCC=O. The summed E-state index contributed by atoms with van der Waals surface area (Å²) in [5, 5.41) is 9.71. The van der Waals surface area contributed by atoms with Crippen molar-refractivity contribution in [1.29, 1.82) is 0 Å². The first kappa shape index (κ1) is 21.7. The molecule has 0 rings (SSSR count). The lowest BCUT2D eigenvalue weighted by Crippen LogP contribution is -2.09. The quantitative estimate of drug-likeness (QED) is 0.283. The van der Waals surface area contributed by atoms with Crippen molar-refractivity contribution < 1.29 is 9.90 Å². The normalized spacial score (nSPS) is 11.8. The summed E-state index contributed by atoms with van der Waals surface area (Å²) >= 11 is 0. The highest BCUT2D eigenvalue weighted by molar-refractivity contribution is 5.48. The van der Waals surface area contributed by atoms with E-state index in [1.54, 1.807) is 0 Å². The molecule has 0 saturated carbocycles. The van der Waals surface area contributed by atoms with Gasteiger partial charge in [0, 0.05) is 6.42 Å². The standard InChI is InChI=1S/C16H32O2.C2H4/c1-15(2)14-16(18)12-10-8-6-4-3-5-7-9-11-13-17;1-2/h13,15-16,18H,3-12,14H2,1-2H3;1-2H2. The van der Waals surface area contributed by atoms with Gasteiger partial charge in [-0.2, -0.15) is 0 Å². The fourth-order valence-electron chi connectivity index (χ4n) is 2.33. The second-order valence-corrected chi connectivity index (χ2v) is 5.86. The molecule has 0 fully saturated rings. The molecule has 1 unspecified atom stereocenters. The molecule has 0 aliphatic carbocycles. The minimum Gasteiger partial charge on any atom is -0.393 e. The molecule has 2 nitrogen and oxygen atoms in total. The molecule has 0 aromatic heterocycles. The van der Waals surface area contributed by atoms with Gasteiger partial charge in [-0.15, -0.1) is 13.2 Å². The number of carbonyl (C=O) groups is 1. The second-order valence-electron chi connectivity index (χ2n) is 5.86. The smallest absolute Gasteiger partial charge is 0.119 e. The second kappa shape index (κ2) is 18.4. The Morgan fingerprint density at radius 3 is 1.80 bits per heavy atom. The van der Waals surface area contributed by atoms with Crippen LogP contribution in [0.2, 0.25) is 0 Å². The van der Waals surface area contributed by atoms with Crippen molar-refractivity contribution in [1.82, 2.24) is 0 Å². The zero-order valence-corrected chi connectivity index (χ0v) is 13.8. The highest BCUT2D eigenvalue weighted by atomic mass is 16.3. The minimum atomic E-state index is -0.0895. The van der Waals surface area contributed by atoms with Crippen molar-refractivity contribution in [2.45, 2.75) is 90.6 Å². The zero-order valence-electron chi connectivity index (χ0n) is 13.8. The number of aliphatic hydroxyl groups is 1. The van der Waals surface area contributed by atoms with E-state index < -0.39 is 0 Å². The van der Waals surface area contributed by atoms with Crippen LogP contribution in [0.15, 0.2) is 13.2 Å². The van der Waals surface area contributed by atoms with Crippen molar-refractivity contribution in [3.05, 3.63) is 13.2 Å². The molecule has 1 N–H and O–H groups in total. The van der Waals surface area contributed by atoms with Gasteiger partial charge in [-0.1, -0.05) is 58.8 Å². The number of unbranched alkanes of at least 4 members (excludes halogenated alkanes) is 8. The van der Waals surface area contributed by atoms with Crippen LogP contribution in [0.3, 0.4) is 0 Å². The molecular weight excluding hydrogens is 248 g/mol. The number of aldehydes is 1. The lowest BCUT2D eigenvalue weighted by Gasteiger charge is -2.12. The molecular formula is C18H36O2. The summed E-state index contributed by atoms with van der Waals surface area (Å²) in [6.45, 7) is 10.3. The van der Waals surface area contributed by atoms with Gasteiger partial charge in [-0.3, -0.25) is 0 Å². The monoisotopic (exact) mass is 284 g/mol. The predicted octanol–water partition coefficient (Wildman–Crippen LogP) is 5.30. The Labute approximate surface area is 126 Å². The Balaban J connectivity index is 0. The first-order chi connectivity index (χ1) is 9.66. The highest BCUT2D eigenvalue weighted by Gasteiger charge is 2.05. The van der Waals surface area contributed by atoms with Gasteiger partial charge in [0.1, 0.15) is 6.29 Å². The van der Waals surface area contributed by atoms with Crippen LogP contribution in [-0.2, 0) is 4.79 Å². The van der Waals surface area contributed by atoms with Crippen LogP contribution in [-0.4, -0.2) is 17.5 Å². The molecule has 0 heterocycles. The molecule has 2 heteroatoms. The molecule has 0 saturated heterocycles. The maximum atomic E-state index is 10.1. The van der Waals surface area contributed by atoms with Crippen molar-refractivity contribution in [3.8, 4) is 0 Å². The van der Waals surface area contributed by atoms with Gasteiger partial charge in [0.05, 0.1) is 6.10 Å². The summed E-state index contributed by atoms with van der Waals surface area (Å²) < 4.78 is 0. The average molecular weight is 284 g/mol. The molecule has 0 amide bonds. The average Bonchev–Trinajstić information content (AvgIpc) is 2.42. The lowest BCUT2D eigenvalue weighted by molar-refractivity contribution is -0.107. The van der Waals surface area contributed by atoms with Gasteiger partial charge in [0.15, 0.2) is 0 Å². The molecule has 0 radical (unpaired) electrons. The van der Waals surface area contributed by atoms with E-state index in [0.717, 1.165) is 32.0 Å². The van der Waals surface area contributed by atoms with Gasteiger partial charge in [0.25, 0.3) is 0 Å². The van der Waals surface area contributed by atoms with E-state index in [2.05, 4.69) is 27.0 Å². The van der Waals surface area contributed by atoms with Crippen LogP contribution < -0.4 is 0 Å². The molecule has 0 bridgehead atoms. The van der Waals surface area contributed by atoms with Gasteiger partial charge in [-0.25, -0.2) is 0 Å². The maximum absolute atomic E-state index is 10.1. The number of hydrogen-bond donors (Lipinski definition) is 1. The van der Waals surface area contributed by atoms with E-state index in [-0.39, 0.29) is 6.10 Å². The number of aliphatic hydroxyl groups excluding tert-OH is 1. The van der Waals surface area contributed by atoms with Crippen molar-refractivity contribution >= 4 is 6.29 Å². The Morgan fingerprint density at radius 1 is 0.900 bits per heavy atom. The number of rotatable bonds is 13. The van der Waals surface area contributed by atoms with E-state index in [1.807, 2.05) is 0 Å². The topological polar surface area (TPSA) is 37.3 Å². The van der Waals surface area contributed by atoms with Crippen LogP contribution >= 0.6 is 0 Å². The van der Waals surface area contributed by atoms with Gasteiger partial charge >= 0.3 is 0 Å². The molecule has 0 spiro atoms. The predicted molar refractivity (Wildman–Crippen MR) is 88.9 cm³/mol. The molecule has 0 aliphatic heterocycles. The van der Waals surface area contributed by atoms with Crippen LogP contribution in [0.4, 0.5) is 0 Å². The third kappa shape index (κ3) is 19.7. The first-order valence-corrected chi connectivity index (χ1v) is 8.28. The Hall–Kier alpha value is -0.630. The highest BCUT2D eigenvalue weighted by Crippen LogP contribution is 2.14. The third-order valence-corrected chi connectivity index (χ3v) is 3.35. The molecule has 1 atom stereocenters. The van der Waals surface area contributed by atoms with E-state index in [0.29, 0.717) is 5.92 Å². The Bertz CT molecular complexity index is 190. The Kier molecular flexibility index (Phi) is 19.9. The zero-order chi connectivity index (χ0) is 15.6. The fraction of sp³-hybridized carbons (Fsp3) is 0.833.